The van der Waals surface area contributed by atoms with E-state index in [9.17, 15) is 0 Å². The number of piperazine rings is 1. The molecule has 1 fully saturated rings. The molecule has 1 aromatic heterocycles. The minimum absolute atomic E-state index is 0.832. The van der Waals surface area contributed by atoms with E-state index in [2.05, 4.69) is 35.2 Å². The minimum Gasteiger partial charge on any atom is -0.497 e. The maximum Gasteiger partial charge on any atom is 0.148 e. The number of nitrogens with zero attached hydrogens (tertiary/aromatic N) is 3. The Labute approximate surface area is 146 Å². The SMILES string of the molecule is COc1ccc2c(c1)N=C(N1CCN(C)CC1)c1sc(C)cc1N2. The standard InChI is InChI=1S/C18H22N4OS/c1-12-10-16-17(24-12)18(22-8-6-21(2)7-9-22)20-15-11-13(23-3)4-5-14(15)19-16/h4-5,10-11,19H,6-9H2,1-3H3. The zero-order valence-corrected chi connectivity index (χ0v) is 15.1. The van der Waals surface area contributed by atoms with Crippen LogP contribution >= 0.6 is 11.3 Å². The molecule has 3 heterocycles. The highest BCUT2D eigenvalue weighted by molar-refractivity contribution is 7.14. The number of nitrogens with one attached hydrogen (secondary N) is 1. The number of rotatable bonds is 1. The van der Waals surface area contributed by atoms with Gasteiger partial charge in [-0.25, -0.2) is 4.99 Å². The summed E-state index contributed by atoms with van der Waals surface area (Å²) in [5.74, 6) is 1.91. The molecule has 0 radical (unpaired) electrons. The predicted octanol–water partition coefficient (Wildman–Crippen LogP) is 3.45. The van der Waals surface area contributed by atoms with E-state index in [-0.39, 0.29) is 0 Å². The van der Waals surface area contributed by atoms with Crippen LogP contribution in [0.1, 0.15) is 9.75 Å². The summed E-state index contributed by atoms with van der Waals surface area (Å²) in [5, 5.41) is 3.56. The monoisotopic (exact) mass is 342 g/mol. The molecule has 0 bridgehead atoms. The highest BCUT2D eigenvalue weighted by atomic mass is 32.1. The number of thiophene rings is 1. The van der Waals surface area contributed by atoms with Gasteiger partial charge in [0.2, 0.25) is 0 Å². The van der Waals surface area contributed by atoms with Crippen LogP contribution in [0.15, 0.2) is 29.3 Å². The van der Waals surface area contributed by atoms with Crippen molar-refractivity contribution in [1.29, 1.82) is 0 Å². The van der Waals surface area contributed by atoms with Crippen LogP contribution in [-0.4, -0.2) is 56.0 Å². The van der Waals surface area contributed by atoms with Crippen LogP contribution in [0.25, 0.3) is 0 Å². The lowest BCUT2D eigenvalue weighted by Crippen LogP contribution is -2.47. The molecule has 1 saturated heterocycles. The first kappa shape index (κ1) is 15.5. The first-order valence-electron chi connectivity index (χ1n) is 8.22. The van der Waals surface area contributed by atoms with Gasteiger partial charge in [-0.3, -0.25) is 0 Å². The maximum atomic E-state index is 5.38. The number of hydrogen-bond donors (Lipinski definition) is 1. The number of likely N-dealkylation sites (N-methyl/N-ethyl adjacent to an activating group) is 1. The fourth-order valence-corrected chi connectivity index (χ4v) is 4.14. The number of hydrogen-bond acceptors (Lipinski definition) is 6. The minimum atomic E-state index is 0.832. The van der Waals surface area contributed by atoms with Gasteiger partial charge in [-0.2, -0.15) is 0 Å². The number of anilines is 2. The summed E-state index contributed by atoms with van der Waals surface area (Å²) in [6.45, 7) is 6.29. The van der Waals surface area contributed by atoms with E-state index in [1.165, 1.54) is 9.75 Å². The first-order chi connectivity index (χ1) is 11.6. The smallest absolute Gasteiger partial charge is 0.148 e. The van der Waals surface area contributed by atoms with Crippen molar-refractivity contribution in [3.63, 3.8) is 0 Å². The Morgan fingerprint density at radius 3 is 2.67 bits per heavy atom. The molecule has 0 saturated carbocycles. The van der Waals surface area contributed by atoms with Crippen LogP contribution in [-0.2, 0) is 0 Å². The van der Waals surface area contributed by atoms with Crippen LogP contribution in [0.4, 0.5) is 17.1 Å². The number of fused-ring (bicyclic) bond motifs is 2. The molecule has 0 unspecified atom stereocenters. The van der Waals surface area contributed by atoms with Crippen LogP contribution in [0.2, 0.25) is 0 Å². The fraction of sp³-hybridized carbons (Fsp3) is 0.389. The van der Waals surface area contributed by atoms with Crippen molar-refractivity contribution < 1.29 is 4.74 Å². The van der Waals surface area contributed by atoms with Crippen molar-refractivity contribution in [3.8, 4) is 5.75 Å². The van der Waals surface area contributed by atoms with Crippen LogP contribution in [0, 0.1) is 6.92 Å². The Bertz CT molecular complexity index is 790. The van der Waals surface area contributed by atoms with Gasteiger partial charge >= 0.3 is 0 Å². The van der Waals surface area contributed by atoms with Crippen molar-refractivity contribution in [2.45, 2.75) is 6.92 Å². The molecule has 1 N–H and O–H groups in total. The zero-order chi connectivity index (χ0) is 16.7. The number of aryl methyl sites for hydroxylation is 1. The number of benzene rings is 1. The molecule has 0 aliphatic carbocycles. The third kappa shape index (κ3) is 2.76. The molecule has 126 valence electrons. The molecule has 4 rings (SSSR count). The fourth-order valence-electron chi connectivity index (χ4n) is 3.15. The molecular formula is C18H22N4OS. The van der Waals surface area contributed by atoms with Gasteiger partial charge in [0.05, 0.1) is 29.0 Å². The molecule has 1 aromatic carbocycles. The van der Waals surface area contributed by atoms with E-state index in [1.54, 1.807) is 18.4 Å². The van der Waals surface area contributed by atoms with E-state index >= 15 is 0 Å². The van der Waals surface area contributed by atoms with Crippen molar-refractivity contribution in [3.05, 3.63) is 34.0 Å². The zero-order valence-electron chi connectivity index (χ0n) is 14.3. The van der Waals surface area contributed by atoms with Gasteiger partial charge in [-0.05, 0) is 32.2 Å². The highest BCUT2D eigenvalue weighted by Gasteiger charge is 2.25. The summed E-state index contributed by atoms with van der Waals surface area (Å²) in [6.07, 6.45) is 0. The van der Waals surface area contributed by atoms with E-state index in [1.807, 2.05) is 18.2 Å². The average Bonchev–Trinajstić information content (AvgIpc) is 2.88. The third-order valence-electron chi connectivity index (χ3n) is 4.56. The number of ether oxygens (including phenoxy) is 1. The summed E-state index contributed by atoms with van der Waals surface area (Å²) in [5.41, 5.74) is 3.11. The Morgan fingerprint density at radius 2 is 1.92 bits per heavy atom. The molecule has 0 spiro atoms. The summed E-state index contributed by atoms with van der Waals surface area (Å²) in [4.78, 5) is 12.3. The topological polar surface area (TPSA) is 40.1 Å². The van der Waals surface area contributed by atoms with Gasteiger partial charge in [-0.1, -0.05) is 0 Å². The van der Waals surface area contributed by atoms with Crippen LogP contribution in [0.5, 0.6) is 5.75 Å². The second-order valence-corrected chi connectivity index (χ2v) is 7.59. The van der Waals surface area contributed by atoms with Crippen molar-refractivity contribution >= 4 is 34.2 Å². The molecule has 2 aromatic rings. The lowest BCUT2D eigenvalue weighted by atomic mass is 10.2. The lowest BCUT2D eigenvalue weighted by molar-refractivity contribution is 0.216. The molecule has 5 nitrogen and oxygen atoms in total. The molecule has 0 amide bonds. The van der Waals surface area contributed by atoms with E-state index in [0.717, 1.165) is 54.8 Å². The van der Waals surface area contributed by atoms with Gasteiger partial charge in [0, 0.05) is 37.1 Å². The van der Waals surface area contributed by atoms with E-state index in [4.69, 9.17) is 9.73 Å². The van der Waals surface area contributed by atoms with Crippen molar-refractivity contribution in [2.75, 3.05) is 45.7 Å². The van der Waals surface area contributed by atoms with Crippen LogP contribution < -0.4 is 10.1 Å². The Hall–Kier alpha value is -2.05. The van der Waals surface area contributed by atoms with Crippen molar-refractivity contribution in [2.24, 2.45) is 4.99 Å². The second kappa shape index (κ2) is 6.11. The summed E-state index contributed by atoms with van der Waals surface area (Å²) < 4.78 is 5.38. The molecule has 0 atom stereocenters. The number of methoxy groups -OCH3 is 1. The van der Waals surface area contributed by atoms with Gasteiger partial charge in [-0.15, -0.1) is 11.3 Å². The van der Waals surface area contributed by atoms with E-state index in [0.29, 0.717) is 0 Å². The summed E-state index contributed by atoms with van der Waals surface area (Å²) >= 11 is 1.81. The van der Waals surface area contributed by atoms with Gasteiger partial charge < -0.3 is 19.9 Å². The predicted molar refractivity (Wildman–Crippen MR) is 101 cm³/mol. The van der Waals surface area contributed by atoms with Gasteiger partial charge in [0.25, 0.3) is 0 Å². The largest absolute Gasteiger partial charge is 0.497 e. The Morgan fingerprint density at radius 1 is 1.12 bits per heavy atom. The second-order valence-electron chi connectivity index (χ2n) is 6.33. The number of amidine groups is 1. The van der Waals surface area contributed by atoms with Crippen LogP contribution in [0.3, 0.4) is 0 Å². The third-order valence-corrected chi connectivity index (χ3v) is 5.61. The lowest BCUT2D eigenvalue weighted by Gasteiger charge is -2.34. The van der Waals surface area contributed by atoms with Crippen molar-refractivity contribution in [1.82, 2.24) is 9.80 Å². The maximum absolute atomic E-state index is 5.38. The van der Waals surface area contributed by atoms with E-state index < -0.39 is 0 Å². The summed E-state index contributed by atoms with van der Waals surface area (Å²) in [6, 6.07) is 8.23. The molecular weight excluding hydrogens is 320 g/mol. The summed E-state index contributed by atoms with van der Waals surface area (Å²) in [7, 11) is 3.87. The first-order valence-corrected chi connectivity index (χ1v) is 9.04. The molecule has 6 heteroatoms. The quantitative estimate of drug-likeness (QED) is 0.862. The van der Waals surface area contributed by atoms with Gasteiger partial charge in [0.15, 0.2) is 0 Å². The molecule has 2 aliphatic rings. The Balaban J connectivity index is 1.81. The van der Waals surface area contributed by atoms with Gasteiger partial charge in [0.1, 0.15) is 11.6 Å². The Kier molecular flexibility index (Phi) is 3.94. The average molecular weight is 342 g/mol. The number of aliphatic imine (C=N–C) groups is 1. The highest BCUT2D eigenvalue weighted by Crippen LogP contribution is 2.40. The molecule has 2 aliphatic heterocycles. The molecule has 24 heavy (non-hydrogen) atoms. The normalized spacial score (nSPS) is 17.5.